The Morgan fingerprint density at radius 3 is 2.95 bits per heavy atom. The normalized spacial score (nSPS) is 19.1. The lowest BCUT2D eigenvalue weighted by atomic mass is 9.96. The van der Waals surface area contributed by atoms with Crippen molar-refractivity contribution < 1.29 is 9.59 Å². The van der Waals surface area contributed by atoms with Gasteiger partial charge in [0.15, 0.2) is 5.13 Å². The third kappa shape index (κ3) is 4.52. The maximum Gasteiger partial charge on any atom is 0.273 e. The van der Waals surface area contributed by atoms with E-state index in [1.165, 1.54) is 37.5 Å². The van der Waals surface area contributed by atoms with E-state index in [1.807, 2.05) is 4.90 Å². The first-order valence-electron chi connectivity index (χ1n) is 7.62. The molecule has 1 aliphatic heterocycles. The van der Waals surface area contributed by atoms with Crippen molar-refractivity contribution >= 4 is 28.3 Å². The number of hydrogen-bond donors (Lipinski definition) is 1. The molecule has 0 saturated carbocycles. The molecule has 1 saturated heterocycles. The summed E-state index contributed by atoms with van der Waals surface area (Å²) in [6, 6.07) is 0. The van der Waals surface area contributed by atoms with Gasteiger partial charge in [0.2, 0.25) is 5.91 Å². The minimum absolute atomic E-state index is 0.0139. The molecule has 1 atom stereocenters. The van der Waals surface area contributed by atoms with E-state index >= 15 is 0 Å². The van der Waals surface area contributed by atoms with Gasteiger partial charge in [0.25, 0.3) is 5.91 Å². The second kappa shape index (κ2) is 7.54. The van der Waals surface area contributed by atoms with Crippen molar-refractivity contribution in [3.63, 3.8) is 0 Å². The molecule has 1 fully saturated rings. The molecule has 2 amide bonds. The van der Waals surface area contributed by atoms with Crippen LogP contribution >= 0.6 is 11.3 Å². The Bertz CT molecular complexity index is 501. The van der Waals surface area contributed by atoms with Crippen LogP contribution in [-0.2, 0) is 4.79 Å². The van der Waals surface area contributed by atoms with Crippen LogP contribution in [0.1, 0.15) is 56.4 Å². The van der Waals surface area contributed by atoms with Crippen molar-refractivity contribution in [1.82, 2.24) is 9.88 Å². The van der Waals surface area contributed by atoms with Crippen molar-refractivity contribution in [2.75, 3.05) is 18.4 Å². The quantitative estimate of drug-likeness (QED) is 0.929. The zero-order valence-electron chi connectivity index (χ0n) is 12.7. The highest BCUT2D eigenvalue weighted by Crippen LogP contribution is 2.23. The monoisotopic (exact) mass is 309 g/mol. The van der Waals surface area contributed by atoms with Gasteiger partial charge in [-0.25, -0.2) is 4.98 Å². The Labute approximate surface area is 129 Å². The van der Waals surface area contributed by atoms with Crippen LogP contribution in [0.25, 0.3) is 0 Å². The molecule has 1 aliphatic rings. The maximum absolute atomic E-state index is 12.5. The topological polar surface area (TPSA) is 62.3 Å². The van der Waals surface area contributed by atoms with Gasteiger partial charge in [-0.05, 0) is 25.2 Å². The van der Waals surface area contributed by atoms with Crippen molar-refractivity contribution in [3.05, 3.63) is 11.1 Å². The predicted octanol–water partition coefficient (Wildman–Crippen LogP) is 3.14. The molecular weight excluding hydrogens is 286 g/mol. The van der Waals surface area contributed by atoms with E-state index in [2.05, 4.69) is 17.2 Å². The zero-order valence-corrected chi connectivity index (χ0v) is 13.5. The van der Waals surface area contributed by atoms with Crippen molar-refractivity contribution in [2.45, 2.75) is 46.0 Å². The van der Waals surface area contributed by atoms with Crippen LogP contribution in [0.3, 0.4) is 0 Å². The third-order valence-electron chi connectivity index (χ3n) is 3.84. The first-order chi connectivity index (χ1) is 10.1. The number of likely N-dealkylation sites (tertiary alicyclic amines) is 1. The second-order valence-electron chi connectivity index (χ2n) is 5.60. The van der Waals surface area contributed by atoms with E-state index in [9.17, 15) is 9.59 Å². The van der Waals surface area contributed by atoms with Gasteiger partial charge in [-0.15, -0.1) is 11.3 Å². The molecule has 0 spiro atoms. The number of amides is 2. The zero-order chi connectivity index (χ0) is 15.2. The van der Waals surface area contributed by atoms with E-state index in [0.29, 0.717) is 10.8 Å². The Hall–Kier alpha value is -1.43. The van der Waals surface area contributed by atoms with Crippen LogP contribution in [0.5, 0.6) is 0 Å². The molecule has 1 aromatic heterocycles. The van der Waals surface area contributed by atoms with Gasteiger partial charge in [0.05, 0.1) is 0 Å². The lowest BCUT2D eigenvalue weighted by Gasteiger charge is -2.19. The maximum atomic E-state index is 12.5. The molecule has 21 heavy (non-hydrogen) atoms. The van der Waals surface area contributed by atoms with E-state index in [1.54, 1.807) is 5.38 Å². The van der Waals surface area contributed by atoms with Crippen LogP contribution in [-0.4, -0.2) is 34.8 Å². The van der Waals surface area contributed by atoms with Gasteiger partial charge in [0, 0.05) is 25.4 Å². The van der Waals surface area contributed by atoms with Crippen LogP contribution < -0.4 is 5.32 Å². The van der Waals surface area contributed by atoms with E-state index in [0.717, 1.165) is 31.8 Å². The summed E-state index contributed by atoms with van der Waals surface area (Å²) in [6.07, 6.45) is 5.84. The van der Waals surface area contributed by atoms with Crippen LogP contribution in [0.15, 0.2) is 5.38 Å². The first kappa shape index (κ1) is 15.9. The fourth-order valence-corrected chi connectivity index (χ4v) is 3.54. The third-order valence-corrected chi connectivity index (χ3v) is 4.60. The Morgan fingerprint density at radius 1 is 1.43 bits per heavy atom. The number of thiazole rings is 1. The van der Waals surface area contributed by atoms with E-state index in [4.69, 9.17) is 0 Å². The molecule has 0 radical (unpaired) electrons. The molecule has 1 N–H and O–H groups in total. The molecule has 0 aromatic carbocycles. The summed E-state index contributed by atoms with van der Waals surface area (Å²) in [6.45, 7) is 5.28. The summed E-state index contributed by atoms with van der Waals surface area (Å²) < 4.78 is 0. The van der Waals surface area contributed by atoms with Crippen molar-refractivity contribution in [2.24, 2.45) is 5.92 Å². The van der Waals surface area contributed by atoms with Crippen LogP contribution in [0.4, 0.5) is 5.13 Å². The Morgan fingerprint density at radius 2 is 2.24 bits per heavy atom. The number of nitrogens with one attached hydrogen (secondary N) is 1. The lowest BCUT2D eigenvalue weighted by Crippen LogP contribution is -2.32. The molecule has 2 rings (SSSR count). The standard InChI is InChI=1S/C15H23N3O2S/c1-3-5-12-6-4-8-18(9-7-12)14(20)13-10-21-15(17-13)16-11(2)19/h10,12H,3-9H2,1-2H3,(H,16,17,19). The SMILES string of the molecule is CCCC1CCCN(C(=O)c2csc(NC(C)=O)n2)CC1. The molecule has 6 heteroatoms. The lowest BCUT2D eigenvalue weighted by molar-refractivity contribution is -0.114. The average molecular weight is 309 g/mol. The number of carbonyl (C=O) groups is 2. The highest BCUT2D eigenvalue weighted by molar-refractivity contribution is 7.14. The van der Waals surface area contributed by atoms with Gasteiger partial charge >= 0.3 is 0 Å². The summed E-state index contributed by atoms with van der Waals surface area (Å²) in [7, 11) is 0. The van der Waals surface area contributed by atoms with Gasteiger partial charge < -0.3 is 10.2 Å². The van der Waals surface area contributed by atoms with Crippen molar-refractivity contribution in [1.29, 1.82) is 0 Å². The fraction of sp³-hybridized carbons (Fsp3) is 0.667. The summed E-state index contributed by atoms with van der Waals surface area (Å²) in [5.74, 6) is 0.568. The first-order valence-corrected chi connectivity index (χ1v) is 8.50. The largest absolute Gasteiger partial charge is 0.337 e. The van der Waals surface area contributed by atoms with Crippen LogP contribution in [0.2, 0.25) is 0 Å². The van der Waals surface area contributed by atoms with Gasteiger partial charge in [-0.1, -0.05) is 19.8 Å². The highest BCUT2D eigenvalue weighted by Gasteiger charge is 2.23. The number of hydrogen-bond acceptors (Lipinski definition) is 4. The molecule has 2 heterocycles. The fourth-order valence-electron chi connectivity index (χ4n) is 2.81. The average Bonchev–Trinajstić information content (AvgIpc) is 2.76. The minimum Gasteiger partial charge on any atom is -0.337 e. The molecule has 0 bridgehead atoms. The minimum atomic E-state index is -0.166. The Balaban J connectivity index is 1.96. The van der Waals surface area contributed by atoms with E-state index in [-0.39, 0.29) is 11.8 Å². The number of rotatable bonds is 4. The number of carbonyl (C=O) groups excluding carboxylic acids is 2. The molecule has 1 aromatic rings. The molecule has 0 aliphatic carbocycles. The van der Waals surface area contributed by atoms with E-state index < -0.39 is 0 Å². The molecule has 5 nitrogen and oxygen atoms in total. The summed E-state index contributed by atoms with van der Waals surface area (Å²) in [5.41, 5.74) is 0.442. The number of anilines is 1. The summed E-state index contributed by atoms with van der Waals surface area (Å²) in [4.78, 5) is 29.6. The van der Waals surface area contributed by atoms with Gasteiger partial charge in [-0.2, -0.15) is 0 Å². The molecule has 116 valence electrons. The summed E-state index contributed by atoms with van der Waals surface area (Å²) in [5, 5.41) is 4.83. The van der Waals surface area contributed by atoms with Crippen molar-refractivity contribution in [3.8, 4) is 0 Å². The molecule has 1 unspecified atom stereocenters. The number of nitrogens with zero attached hydrogens (tertiary/aromatic N) is 2. The highest BCUT2D eigenvalue weighted by atomic mass is 32.1. The smallest absolute Gasteiger partial charge is 0.273 e. The van der Waals surface area contributed by atoms with Gasteiger partial charge in [-0.3, -0.25) is 9.59 Å². The number of aromatic nitrogens is 1. The van der Waals surface area contributed by atoms with Crippen LogP contribution in [0, 0.1) is 5.92 Å². The second-order valence-corrected chi connectivity index (χ2v) is 6.45. The predicted molar refractivity (Wildman–Crippen MR) is 84.6 cm³/mol. The summed E-state index contributed by atoms with van der Waals surface area (Å²) >= 11 is 1.29. The van der Waals surface area contributed by atoms with Gasteiger partial charge in [0.1, 0.15) is 5.69 Å². The molecular formula is C15H23N3O2S. The Kier molecular flexibility index (Phi) is 5.73.